The third kappa shape index (κ3) is 4.26. The number of hydrogen-bond donors (Lipinski definition) is 0. The average molecular weight is 321 g/mol. The van der Waals surface area contributed by atoms with Crippen LogP contribution in [0.4, 0.5) is 0 Å². The lowest BCUT2D eigenvalue weighted by atomic mass is 10.4. The van der Waals surface area contributed by atoms with Gasteiger partial charge in [0.05, 0.1) is 0 Å². The van der Waals surface area contributed by atoms with Crippen LogP contribution in [-0.4, -0.2) is 12.3 Å². The molecule has 1 radical (unpaired) electrons. The van der Waals surface area contributed by atoms with Crippen LogP contribution >= 0.6 is 16.5 Å². The molecule has 0 fully saturated rings. The highest BCUT2D eigenvalue weighted by Gasteiger charge is 2.12. The van der Waals surface area contributed by atoms with E-state index in [4.69, 9.17) is 0 Å². The monoisotopic (exact) mass is 321 g/mol. The molecular weight excluding hydrogens is 302 g/mol. The third-order valence-electron chi connectivity index (χ3n) is 3.51. The van der Waals surface area contributed by atoms with Crippen molar-refractivity contribution in [2.45, 2.75) is 0 Å². The summed E-state index contributed by atoms with van der Waals surface area (Å²) in [5.74, 6) is 0. The minimum Gasteiger partial charge on any atom is -0.0622 e. The normalized spacial score (nSPS) is 11.3. The van der Waals surface area contributed by atoms with Crippen molar-refractivity contribution in [2.24, 2.45) is 0 Å². The van der Waals surface area contributed by atoms with E-state index in [1.807, 2.05) is 0 Å². The van der Waals surface area contributed by atoms with E-state index in [1.165, 1.54) is 36.8 Å². The van der Waals surface area contributed by atoms with Crippen molar-refractivity contribution in [1.29, 1.82) is 0 Å². The molecule has 3 aromatic rings. The van der Waals surface area contributed by atoms with Crippen molar-refractivity contribution in [3.05, 3.63) is 91.0 Å². The first-order chi connectivity index (χ1) is 10.9. The van der Waals surface area contributed by atoms with Crippen LogP contribution in [0, 0.1) is 0 Å². The zero-order valence-electron chi connectivity index (χ0n) is 12.5. The molecule has 0 N–H and O–H groups in total. The van der Waals surface area contributed by atoms with Gasteiger partial charge in [-0.25, -0.2) is 0 Å². The van der Waals surface area contributed by atoms with E-state index in [0.29, 0.717) is 0 Å². The van der Waals surface area contributed by atoms with Crippen molar-refractivity contribution in [2.75, 3.05) is 12.3 Å². The Hall–Kier alpha value is -1.48. The van der Waals surface area contributed by atoms with Crippen molar-refractivity contribution < 1.29 is 0 Å². The van der Waals surface area contributed by atoms with E-state index >= 15 is 0 Å². The summed E-state index contributed by atoms with van der Waals surface area (Å²) in [4.78, 5) is 0. The molecule has 0 saturated carbocycles. The van der Waals surface area contributed by atoms with Crippen LogP contribution in [0.3, 0.4) is 0 Å². The Bertz CT molecular complexity index is 626. The van der Waals surface area contributed by atoms with Crippen LogP contribution in [0.2, 0.25) is 0 Å². The van der Waals surface area contributed by atoms with Crippen LogP contribution in [0.15, 0.2) is 91.0 Å². The van der Waals surface area contributed by atoms with Crippen molar-refractivity contribution in [1.82, 2.24) is 0 Å². The summed E-state index contributed by atoms with van der Waals surface area (Å²) in [6.07, 6.45) is 2.44. The Morgan fingerprint density at radius 2 is 1.05 bits per heavy atom. The van der Waals surface area contributed by atoms with E-state index in [-0.39, 0.29) is 7.92 Å². The zero-order valence-corrected chi connectivity index (χ0v) is 14.3. The molecule has 0 heterocycles. The summed E-state index contributed by atoms with van der Waals surface area (Å²) in [5, 5.41) is 4.37. The highest BCUT2D eigenvalue weighted by Crippen LogP contribution is 2.34. The molecule has 2 heteroatoms. The average Bonchev–Trinajstić information content (AvgIpc) is 2.61. The Morgan fingerprint density at radius 3 is 1.55 bits per heavy atom. The molecule has 0 aromatic heterocycles. The first-order valence-corrected chi connectivity index (χ1v) is 10.1. The predicted molar refractivity (Wildman–Crippen MR) is 102 cm³/mol. The quantitative estimate of drug-likeness (QED) is 0.591. The standard InChI is InChI=1S/C20H19P2/c1-4-10-18(11-5-1)21-16-17-22(19-12-6-2-7-13-19)20-14-8-3-9-15-20/h1-15H,16-17H2. The molecule has 0 saturated heterocycles. The topological polar surface area (TPSA) is 0 Å². The molecule has 0 atom stereocenters. The van der Waals surface area contributed by atoms with Gasteiger partial charge in [-0.15, -0.1) is 0 Å². The summed E-state index contributed by atoms with van der Waals surface area (Å²) in [6.45, 7) is 0. The van der Waals surface area contributed by atoms with Gasteiger partial charge in [0.25, 0.3) is 0 Å². The number of rotatable bonds is 6. The van der Waals surface area contributed by atoms with Crippen molar-refractivity contribution in [3.8, 4) is 0 Å². The first-order valence-electron chi connectivity index (χ1n) is 7.54. The summed E-state index contributed by atoms with van der Waals surface area (Å²) in [7, 11) is 1.17. The Morgan fingerprint density at radius 1 is 0.591 bits per heavy atom. The Kier molecular flexibility index (Phi) is 5.77. The van der Waals surface area contributed by atoms with Crippen LogP contribution in [0.1, 0.15) is 0 Å². The summed E-state index contributed by atoms with van der Waals surface area (Å²) in [6, 6.07) is 32.7. The van der Waals surface area contributed by atoms with Gasteiger partial charge < -0.3 is 0 Å². The largest absolute Gasteiger partial charge is 0.0622 e. The third-order valence-corrected chi connectivity index (χ3v) is 7.49. The zero-order chi connectivity index (χ0) is 15.0. The van der Waals surface area contributed by atoms with Crippen molar-refractivity contribution >= 4 is 32.4 Å². The molecule has 109 valence electrons. The summed E-state index contributed by atoms with van der Waals surface area (Å²) >= 11 is 0. The molecular formula is C20H19P2. The van der Waals surface area contributed by atoms with E-state index in [9.17, 15) is 0 Å². The summed E-state index contributed by atoms with van der Waals surface area (Å²) in [5.41, 5.74) is 0. The molecule has 0 aliphatic carbocycles. The Labute approximate surface area is 136 Å². The lowest BCUT2D eigenvalue weighted by molar-refractivity contribution is 1.52. The molecule has 22 heavy (non-hydrogen) atoms. The lowest BCUT2D eigenvalue weighted by Gasteiger charge is -2.18. The molecule has 0 nitrogen and oxygen atoms in total. The molecule has 3 rings (SSSR count). The maximum absolute atomic E-state index is 2.28. The van der Waals surface area contributed by atoms with Crippen LogP contribution in [0.25, 0.3) is 0 Å². The SMILES string of the molecule is c1ccc([P]CCP(c2ccccc2)c2ccccc2)cc1. The fourth-order valence-electron chi connectivity index (χ4n) is 2.44. The van der Waals surface area contributed by atoms with Gasteiger partial charge in [-0.1, -0.05) is 91.0 Å². The second-order valence-electron chi connectivity index (χ2n) is 5.04. The minimum absolute atomic E-state index is 0.254. The highest BCUT2D eigenvalue weighted by atomic mass is 31.1. The van der Waals surface area contributed by atoms with Gasteiger partial charge in [0, 0.05) is 0 Å². The summed E-state index contributed by atoms with van der Waals surface area (Å²) < 4.78 is 0. The minimum atomic E-state index is -0.254. The van der Waals surface area contributed by atoms with E-state index in [1.54, 1.807) is 0 Å². The molecule has 0 bridgehead atoms. The second kappa shape index (κ2) is 8.23. The van der Waals surface area contributed by atoms with Crippen molar-refractivity contribution in [3.63, 3.8) is 0 Å². The van der Waals surface area contributed by atoms with Crippen LogP contribution in [0.5, 0.6) is 0 Å². The van der Waals surface area contributed by atoms with Gasteiger partial charge in [0.15, 0.2) is 0 Å². The van der Waals surface area contributed by atoms with Gasteiger partial charge in [-0.3, -0.25) is 0 Å². The molecule has 0 aliphatic heterocycles. The fraction of sp³-hybridized carbons (Fsp3) is 0.100. The molecule has 0 unspecified atom stereocenters. The van der Waals surface area contributed by atoms with E-state index in [0.717, 1.165) is 0 Å². The van der Waals surface area contributed by atoms with Crippen LogP contribution < -0.4 is 15.9 Å². The predicted octanol–water partition coefficient (Wildman–Crippen LogP) is 4.39. The number of benzene rings is 3. The molecule has 0 amide bonds. The van der Waals surface area contributed by atoms with E-state index < -0.39 is 0 Å². The maximum Gasteiger partial charge on any atom is -0.0193 e. The van der Waals surface area contributed by atoms with Crippen LogP contribution in [-0.2, 0) is 0 Å². The fourth-order valence-corrected chi connectivity index (χ4v) is 6.16. The van der Waals surface area contributed by atoms with Gasteiger partial charge in [0.1, 0.15) is 0 Å². The molecule has 0 aliphatic rings. The maximum atomic E-state index is 2.28. The van der Waals surface area contributed by atoms with Gasteiger partial charge in [0.2, 0.25) is 0 Å². The second-order valence-corrected chi connectivity index (χ2v) is 8.66. The highest BCUT2D eigenvalue weighted by molar-refractivity contribution is 7.73. The first kappa shape index (κ1) is 15.4. The smallest absolute Gasteiger partial charge is 0.0193 e. The molecule has 0 spiro atoms. The van der Waals surface area contributed by atoms with E-state index in [2.05, 4.69) is 91.0 Å². The molecule has 3 aromatic carbocycles. The number of hydrogen-bond acceptors (Lipinski definition) is 0. The Balaban J connectivity index is 1.72. The van der Waals surface area contributed by atoms with Gasteiger partial charge in [-0.2, -0.15) is 0 Å². The van der Waals surface area contributed by atoms with Gasteiger partial charge in [-0.05, 0) is 44.7 Å². The lowest BCUT2D eigenvalue weighted by Crippen LogP contribution is -2.15. The van der Waals surface area contributed by atoms with Gasteiger partial charge >= 0.3 is 0 Å².